The molecule has 2 amide bonds. The molecular weight excluding hydrogens is 388 g/mol. The molecule has 0 bridgehead atoms. The van der Waals surface area contributed by atoms with Crippen molar-refractivity contribution < 1.29 is 9.59 Å². The molecule has 1 aliphatic heterocycles. The van der Waals surface area contributed by atoms with Crippen LogP contribution < -0.4 is 10.2 Å². The Morgan fingerprint density at radius 1 is 0.968 bits per heavy atom. The Morgan fingerprint density at radius 2 is 1.68 bits per heavy atom. The molecule has 0 unspecified atom stereocenters. The largest absolute Gasteiger partial charge is 0.326 e. The van der Waals surface area contributed by atoms with Crippen molar-refractivity contribution >= 4 is 34.5 Å². The van der Waals surface area contributed by atoms with E-state index in [0.717, 1.165) is 16.6 Å². The van der Waals surface area contributed by atoms with Gasteiger partial charge in [-0.15, -0.1) is 0 Å². The number of aromatic nitrogens is 2. The van der Waals surface area contributed by atoms with Crippen molar-refractivity contribution in [3.63, 3.8) is 0 Å². The van der Waals surface area contributed by atoms with Crippen molar-refractivity contribution in [2.75, 3.05) is 10.2 Å². The predicted octanol–water partition coefficient (Wildman–Crippen LogP) is 4.46. The van der Waals surface area contributed by atoms with Crippen molar-refractivity contribution in [2.45, 2.75) is 25.9 Å². The van der Waals surface area contributed by atoms with Gasteiger partial charge in [-0.25, -0.2) is 4.98 Å². The van der Waals surface area contributed by atoms with E-state index >= 15 is 0 Å². The normalized spacial score (nSPS) is 15.3. The lowest BCUT2D eigenvalue weighted by Gasteiger charge is -2.16. The molecule has 0 saturated heterocycles. The number of hydrogen-bond donors (Lipinski definition) is 1. The first-order valence-electron chi connectivity index (χ1n) is 10.3. The minimum absolute atomic E-state index is 0.0471. The molecule has 4 aromatic rings. The summed E-state index contributed by atoms with van der Waals surface area (Å²) in [5, 5.41) is 2.89. The number of benzene rings is 3. The number of para-hydroxylation sites is 3. The average molecular weight is 410 g/mol. The zero-order valence-corrected chi connectivity index (χ0v) is 17.2. The summed E-state index contributed by atoms with van der Waals surface area (Å²) in [6.45, 7) is 2.45. The van der Waals surface area contributed by atoms with E-state index < -0.39 is 6.04 Å². The van der Waals surface area contributed by atoms with E-state index in [1.165, 1.54) is 5.56 Å². The highest BCUT2D eigenvalue weighted by Crippen LogP contribution is 2.37. The second kappa shape index (κ2) is 7.72. The molecule has 1 aliphatic rings. The molecule has 0 spiro atoms. The number of hydrogen-bond acceptors (Lipinski definition) is 3. The van der Waals surface area contributed by atoms with Crippen LogP contribution in [0, 0.1) is 6.92 Å². The van der Waals surface area contributed by atoms with E-state index in [1.807, 2.05) is 90.4 Å². The zero-order chi connectivity index (χ0) is 21.4. The van der Waals surface area contributed by atoms with Gasteiger partial charge in [0.2, 0.25) is 11.9 Å². The summed E-state index contributed by atoms with van der Waals surface area (Å²) in [5.41, 5.74) is 4.57. The number of fused-ring (bicyclic) bond motifs is 3. The zero-order valence-electron chi connectivity index (χ0n) is 17.2. The van der Waals surface area contributed by atoms with Gasteiger partial charge < -0.3 is 5.32 Å². The van der Waals surface area contributed by atoms with Crippen LogP contribution in [0.4, 0.5) is 11.6 Å². The summed E-state index contributed by atoms with van der Waals surface area (Å²) >= 11 is 0. The van der Waals surface area contributed by atoms with Gasteiger partial charge in [0.25, 0.3) is 5.91 Å². The summed E-state index contributed by atoms with van der Waals surface area (Å²) in [6.07, 6.45) is 0.0471. The van der Waals surface area contributed by atoms with Gasteiger partial charge in [0, 0.05) is 5.69 Å². The van der Waals surface area contributed by atoms with Crippen LogP contribution in [-0.2, 0) is 16.1 Å². The van der Waals surface area contributed by atoms with Crippen molar-refractivity contribution in [2.24, 2.45) is 0 Å². The predicted molar refractivity (Wildman–Crippen MR) is 121 cm³/mol. The first kappa shape index (κ1) is 19.1. The Kier molecular flexibility index (Phi) is 4.75. The van der Waals surface area contributed by atoms with Crippen molar-refractivity contribution in [3.05, 3.63) is 90.0 Å². The average Bonchev–Trinajstić information content (AvgIpc) is 3.26. The van der Waals surface area contributed by atoms with Crippen LogP contribution in [0.3, 0.4) is 0 Å². The standard InChI is InChI=1S/C25H22N4O2/c1-17-11-13-18(14-12-17)16-28-24(31)22(15-23(30)26-19-7-3-2-4-8-19)29-21-10-6-5-9-20(21)27-25(28)29/h2-14,22H,15-16H2,1H3,(H,26,30)/t22-/m0/s1. The van der Waals surface area contributed by atoms with Crippen molar-refractivity contribution in [3.8, 4) is 0 Å². The third kappa shape index (κ3) is 3.57. The third-order valence-electron chi connectivity index (χ3n) is 5.58. The van der Waals surface area contributed by atoms with E-state index in [-0.39, 0.29) is 18.2 Å². The van der Waals surface area contributed by atoms with Crippen LogP contribution in [0.15, 0.2) is 78.9 Å². The Morgan fingerprint density at radius 3 is 2.45 bits per heavy atom. The summed E-state index contributed by atoms with van der Waals surface area (Å²) < 4.78 is 1.90. The minimum atomic E-state index is -0.628. The molecule has 0 aliphatic carbocycles. The quantitative estimate of drug-likeness (QED) is 0.528. The van der Waals surface area contributed by atoms with E-state index in [4.69, 9.17) is 4.98 Å². The number of nitrogens with zero attached hydrogens (tertiary/aromatic N) is 3. The lowest BCUT2D eigenvalue weighted by molar-refractivity contribution is -0.124. The maximum absolute atomic E-state index is 13.4. The highest BCUT2D eigenvalue weighted by atomic mass is 16.2. The molecule has 0 fully saturated rings. The lowest BCUT2D eigenvalue weighted by Crippen LogP contribution is -2.31. The van der Waals surface area contributed by atoms with Crippen LogP contribution in [0.5, 0.6) is 0 Å². The first-order chi connectivity index (χ1) is 15.1. The summed E-state index contributed by atoms with van der Waals surface area (Å²) in [7, 11) is 0. The molecule has 5 rings (SSSR count). The molecule has 0 saturated carbocycles. The third-order valence-corrected chi connectivity index (χ3v) is 5.58. The van der Waals surface area contributed by atoms with Crippen LogP contribution in [-0.4, -0.2) is 21.4 Å². The fourth-order valence-corrected chi connectivity index (χ4v) is 4.03. The van der Waals surface area contributed by atoms with E-state index in [0.29, 0.717) is 18.2 Å². The number of anilines is 2. The summed E-state index contributed by atoms with van der Waals surface area (Å²) in [4.78, 5) is 32.6. The van der Waals surface area contributed by atoms with E-state index in [9.17, 15) is 9.59 Å². The highest BCUT2D eigenvalue weighted by molar-refractivity contribution is 6.05. The smallest absolute Gasteiger partial charge is 0.253 e. The second-order valence-electron chi connectivity index (χ2n) is 7.81. The second-order valence-corrected chi connectivity index (χ2v) is 7.81. The molecule has 3 aromatic carbocycles. The van der Waals surface area contributed by atoms with Gasteiger partial charge in [-0.1, -0.05) is 60.2 Å². The Bertz CT molecular complexity index is 1260. The molecule has 2 heterocycles. The number of aryl methyl sites for hydroxylation is 1. The Labute approximate surface area is 180 Å². The van der Waals surface area contributed by atoms with Crippen LogP contribution in [0.2, 0.25) is 0 Å². The number of amides is 2. The van der Waals surface area contributed by atoms with Gasteiger partial charge in [-0.05, 0) is 36.8 Å². The molecule has 1 atom stereocenters. The lowest BCUT2D eigenvalue weighted by atomic mass is 10.1. The van der Waals surface area contributed by atoms with Crippen molar-refractivity contribution in [1.82, 2.24) is 9.55 Å². The molecular formula is C25H22N4O2. The number of carbonyl (C=O) groups is 2. The van der Waals surface area contributed by atoms with Gasteiger partial charge in [-0.2, -0.15) is 0 Å². The van der Waals surface area contributed by atoms with Gasteiger partial charge in [0.05, 0.1) is 24.0 Å². The van der Waals surface area contributed by atoms with Gasteiger partial charge >= 0.3 is 0 Å². The maximum atomic E-state index is 13.4. The molecule has 0 radical (unpaired) electrons. The number of nitrogens with one attached hydrogen (secondary N) is 1. The fourth-order valence-electron chi connectivity index (χ4n) is 4.03. The number of imidazole rings is 1. The fraction of sp³-hybridized carbons (Fsp3) is 0.160. The molecule has 154 valence electrons. The summed E-state index contributed by atoms with van der Waals surface area (Å²) in [5.74, 6) is 0.270. The van der Waals surface area contributed by atoms with Gasteiger partial charge in [0.15, 0.2) is 0 Å². The Balaban J connectivity index is 1.48. The number of rotatable bonds is 5. The van der Waals surface area contributed by atoms with E-state index in [2.05, 4.69) is 5.32 Å². The molecule has 6 nitrogen and oxygen atoms in total. The number of carbonyl (C=O) groups excluding carboxylic acids is 2. The summed E-state index contributed by atoms with van der Waals surface area (Å²) in [6, 6.07) is 24.5. The Hall–Kier alpha value is -3.93. The van der Waals surface area contributed by atoms with Crippen LogP contribution in [0.1, 0.15) is 23.6 Å². The first-order valence-corrected chi connectivity index (χ1v) is 10.3. The molecule has 31 heavy (non-hydrogen) atoms. The molecule has 6 heteroatoms. The van der Waals surface area contributed by atoms with E-state index in [1.54, 1.807) is 4.90 Å². The SMILES string of the molecule is Cc1ccc(CN2C(=O)[C@H](CC(=O)Nc3ccccc3)n3c2nc2ccccc23)cc1. The minimum Gasteiger partial charge on any atom is -0.326 e. The highest BCUT2D eigenvalue weighted by Gasteiger charge is 2.40. The molecule has 1 N–H and O–H groups in total. The van der Waals surface area contributed by atoms with Gasteiger partial charge in [0.1, 0.15) is 6.04 Å². The topological polar surface area (TPSA) is 67.2 Å². The van der Waals surface area contributed by atoms with Gasteiger partial charge in [-0.3, -0.25) is 19.1 Å². The van der Waals surface area contributed by atoms with Crippen LogP contribution >= 0.6 is 0 Å². The maximum Gasteiger partial charge on any atom is 0.253 e. The van der Waals surface area contributed by atoms with Crippen molar-refractivity contribution in [1.29, 1.82) is 0 Å². The molecule has 1 aromatic heterocycles. The monoisotopic (exact) mass is 410 g/mol. The van der Waals surface area contributed by atoms with Crippen LogP contribution in [0.25, 0.3) is 11.0 Å².